The van der Waals surface area contributed by atoms with Crippen LogP contribution in [0.2, 0.25) is 0 Å². The zero-order chi connectivity index (χ0) is 17.2. The number of nitro groups is 1. The second-order valence-electron chi connectivity index (χ2n) is 6.16. The molecule has 2 rings (SSSR count). The number of sulfonamides is 1. The highest BCUT2D eigenvalue weighted by atomic mass is 32.2. The highest BCUT2D eigenvalue weighted by Crippen LogP contribution is 2.34. The van der Waals surface area contributed by atoms with Crippen molar-refractivity contribution < 1.29 is 13.3 Å². The van der Waals surface area contributed by atoms with E-state index in [2.05, 4.69) is 23.9 Å². The molecule has 0 radical (unpaired) electrons. The van der Waals surface area contributed by atoms with Crippen LogP contribution < -0.4 is 10.0 Å². The van der Waals surface area contributed by atoms with Gasteiger partial charge in [-0.05, 0) is 37.4 Å². The van der Waals surface area contributed by atoms with Crippen LogP contribution in [0.25, 0.3) is 0 Å². The van der Waals surface area contributed by atoms with Crippen LogP contribution in [0.1, 0.15) is 33.1 Å². The summed E-state index contributed by atoms with van der Waals surface area (Å²) < 4.78 is 25.8. The molecule has 0 spiro atoms. The van der Waals surface area contributed by atoms with Crippen LogP contribution in [0.5, 0.6) is 0 Å². The molecule has 0 amide bonds. The van der Waals surface area contributed by atoms with Crippen LogP contribution >= 0.6 is 0 Å². The van der Waals surface area contributed by atoms with Gasteiger partial charge in [-0.25, -0.2) is 13.1 Å². The van der Waals surface area contributed by atoms with Crippen molar-refractivity contribution in [1.29, 1.82) is 0 Å². The van der Waals surface area contributed by atoms with Gasteiger partial charge in [-0.1, -0.05) is 26.7 Å². The SMILES string of the molecule is CNS(=O)(=O)c1ccc(N[C@@H]2CCC[C@H](C)[C@@H]2C)c([N+](=O)[O-])c1. The van der Waals surface area contributed by atoms with Crippen molar-refractivity contribution >= 4 is 21.4 Å². The number of nitro benzene ring substituents is 1. The first-order valence-corrected chi connectivity index (χ1v) is 9.23. The Morgan fingerprint density at radius 3 is 2.57 bits per heavy atom. The van der Waals surface area contributed by atoms with E-state index in [1.54, 1.807) is 0 Å². The molecular formula is C15H23N3O4S. The van der Waals surface area contributed by atoms with Gasteiger partial charge in [-0.2, -0.15) is 0 Å². The van der Waals surface area contributed by atoms with Crippen LogP contribution in [0.4, 0.5) is 11.4 Å². The Labute approximate surface area is 136 Å². The minimum atomic E-state index is -3.71. The lowest BCUT2D eigenvalue weighted by Crippen LogP contribution is -2.35. The molecule has 8 heteroatoms. The largest absolute Gasteiger partial charge is 0.376 e. The van der Waals surface area contributed by atoms with Crippen LogP contribution in [0.15, 0.2) is 23.1 Å². The van der Waals surface area contributed by atoms with Crippen LogP contribution in [0, 0.1) is 22.0 Å². The fourth-order valence-corrected chi connectivity index (χ4v) is 3.80. The van der Waals surface area contributed by atoms with Gasteiger partial charge in [0.1, 0.15) is 5.69 Å². The van der Waals surface area contributed by atoms with E-state index in [4.69, 9.17) is 0 Å². The Morgan fingerprint density at radius 1 is 1.26 bits per heavy atom. The van der Waals surface area contributed by atoms with Crippen molar-refractivity contribution in [3.05, 3.63) is 28.3 Å². The molecule has 0 aliphatic heterocycles. The fraction of sp³-hybridized carbons (Fsp3) is 0.600. The number of nitrogens with zero attached hydrogens (tertiary/aromatic N) is 1. The van der Waals surface area contributed by atoms with Gasteiger partial charge < -0.3 is 5.32 Å². The molecule has 0 saturated heterocycles. The zero-order valence-corrected chi connectivity index (χ0v) is 14.4. The fourth-order valence-electron chi connectivity index (χ4n) is 3.06. The molecule has 0 unspecified atom stereocenters. The number of hydrogen-bond donors (Lipinski definition) is 2. The maximum absolute atomic E-state index is 11.8. The van der Waals surface area contributed by atoms with E-state index in [0.29, 0.717) is 17.5 Å². The van der Waals surface area contributed by atoms with Crippen molar-refractivity contribution in [2.45, 2.75) is 44.0 Å². The van der Waals surface area contributed by atoms with Crippen molar-refractivity contribution in [1.82, 2.24) is 4.72 Å². The molecule has 1 aliphatic carbocycles. The number of hydrogen-bond acceptors (Lipinski definition) is 5. The summed E-state index contributed by atoms with van der Waals surface area (Å²) in [5, 5.41) is 14.6. The lowest BCUT2D eigenvalue weighted by atomic mass is 9.78. The standard InChI is InChI=1S/C15H23N3O4S/c1-10-5-4-6-13(11(10)2)17-14-8-7-12(23(21,22)16-3)9-15(14)18(19)20/h7-11,13,16-17H,4-6H2,1-3H3/t10-,11-,13+/m0/s1. The third-order valence-electron chi connectivity index (χ3n) is 4.79. The van der Waals surface area contributed by atoms with E-state index in [1.807, 2.05) is 0 Å². The highest BCUT2D eigenvalue weighted by molar-refractivity contribution is 7.89. The summed E-state index contributed by atoms with van der Waals surface area (Å²) in [6.07, 6.45) is 3.21. The molecule has 0 aromatic heterocycles. The Balaban J connectivity index is 2.33. The van der Waals surface area contributed by atoms with E-state index >= 15 is 0 Å². The number of anilines is 1. The first kappa shape index (κ1) is 17.7. The first-order valence-electron chi connectivity index (χ1n) is 7.74. The maximum atomic E-state index is 11.8. The highest BCUT2D eigenvalue weighted by Gasteiger charge is 2.29. The molecule has 0 bridgehead atoms. The van der Waals surface area contributed by atoms with Gasteiger partial charge in [0.2, 0.25) is 10.0 Å². The Kier molecular flexibility index (Phi) is 5.26. The summed E-state index contributed by atoms with van der Waals surface area (Å²) in [6.45, 7) is 4.34. The van der Waals surface area contributed by atoms with Crippen molar-refractivity contribution in [2.75, 3.05) is 12.4 Å². The Bertz CT molecular complexity index is 690. The number of nitrogens with one attached hydrogen (secondary N) is 2. The summed E-state index contributed by atoms with van der Waals surface area (Å²) >= 11 is 0. The van der Waals surface area contributed by atoms with Gasteiger partial charge in [0.25, 0.3) is 5.69 Å². The molecule has 1 aromatic carbocycles. The van der Waals surface area contributed by atoms with Crippen molar-refractivity contribution in [3.63, 3.8) is 0 Å². The van der Waals surface area contributed by atoms with Crippen LogP contribution in [-0.4, -0.2) is 26.4 Å². The van der Waals surface area contributed by atoms with Gasteiger partial charge >= 0.3 is 0 Å². The molecular weight excluding hydrogens is 318 g/mol. The first-order chi connectivity index (χ1) is 10.8. The van der Waals surface area contributed by atoms with E-state index in [1.165, 1.54) is 25.6 Å². The summed E-state index contributed by atoms with van der Waals surface area (Å²) in [6, 6.07) is 4.13. The molecule has 2 N–H and O–H groups in total. The molecule has 1 aromatic rings. The third-order valence-corrected chi connectivity index (χ3v) is 6.20. The van der Waals surface area contributed by atoms with Crippen molar-refractivity contribution in [3.8, 4) is 0 Å². The van der Waals surface area contributed by atoms with Gasteiger partial charge in [-0.3, -0.25) is 10.1 Å². The average molecular weight is 341 g/mol. The predicted molar refractivity (Wildman–Crippen MR) is 88.9 cm³/mol. The van der Waals surface area contributed by atoms with E-state index < -0.39 is 14.9 Å². The molecule has 0 heterocycles. The maximum Gasteiger partial charge on any atom is 0.293 e. The Morgan fingerprint density at radius 2 is 1.96 bits per heavy atom. The zero-order valence-electron chi connectivity index (χ0n) is 13.6. The molecule has 1 fully saturated rings. The van der Waals surface area contributed by atoms with E-state index in [-0.39, 0.29) is 16.6 Å². The number of benzene rings is 1. The topological polar surface area (TPSA) is 101 Å². The summed E-state index contributed by atoms with van der Waals surface area (Å²) in [4.78, 5) is 10.7. The quantitative estimate of drug-likeness (QED) is 0.633. The van der Waals surface area contributed by atoms with Gasteiger partial charge in [0.05, 0.1) is 9.82 Å². The van der Waals surface area contributed by atoms with E-state index in [9.17, 15) is 18.5 Å². The lowest BCUT2D eigenvalue weighted by molar-refractivity contribution is -0.384. The molecule has 3 atom stereocenters. The second kappa shape index (κ2) is 6.84. The predicted octanol–water partition coefficient (Wildman–Crippen LogP) is 2.74. The summed E-state index contributed by atoms with van der Waals surface area (Å²) in [7, 11) is -2.43. The minimum Gasteiger partial charge on any atom is -0.376 e. The smallest absolute Gasteiger partial charge is 0.293 e. The third kappa shape index (κ3) is 3.81. The normalized spacial score (nSPS) is 25.1. The second-order valence-corrected chi connectivity index (χ2v) is 8.05. The molecule has 23 heavy (non-hydrogen) atoms. The van der Waals surface area contributed by atoms with Crippen LogP contribution in [0.3, 0.4) is 0 Å². The van der Waals surface area contributed by atoms with Gasteiger partial charge in [0.15, 0.2) is 0 Å². The Hall–Kier alpha value is -1.67. The minimum absolute atomic E-state index is 0.109. The number of rotatable bonds is 5. The van der Waals surface area contributed by atoms with Crippen molar-refractivity contribution in [2.24, 2.45) is 11.8 Å². The molecule has 1 saturated carbocycles. The van der Waals surface area contributed by atoms with Gasteiger partial charge in [-0.15, -0.1) is 0 Å². The molecule has 7 nitrogen and oxygen atoms in total. The van der Waals surface area contributed by atoms with Gasteiger partial charge in [0, 0.05) is 12.1 Å². The summed E-state index contributed by atoms with van der Waals surface area (Å²) in [5.41, 5.74) is 0.155. The monoisotopic (exact) mass is 341 g/mol. The molecule has 1 aliphatic rings. The summed E-state index contributed by atoms with van der Waals surface area (Å²) in [5.74, 6) is 0.966. The van der Waals surface area contributed by atoms with E-state index in [0.717, 1.165) is 18.9 Å². The lowest BCUT2D eigenvalue weighted by Gasteiger charge is -2.35. The average Bonchev–Trinajstić information content (AvgIpc) is 2.51. The molecule has 128 valence electrons. The van der Waals surface area contributed by atoms with Crippen LogP contribution in [-0.2, 0) is 10.0 Å².